The van der Waals surface area contributed by atoms with Gasteiger partial charge in [-0.15, -0.1) is 0 Å². The summed E-state index contributed by atoms with van der Waals surface area (Å²) < 4.78 is 13.2. The molecule has 0 saturated heterocycles. The molecule has 0 fully saturated rings. The molecule has 0 aliphatic heterocycles. The van der Waals surface area contributed by atoms with E-state index in [-0.39, 0.29) is 5.82 Å². The average Bonchev–Trinajstić information content (AvgIpc) is 2.33. The van der Waals surface area contributed by atoms with Crippen LogP contribution in [0.25, 0.3) is 11.3 Å². The standard InChI is InChI=1S/C13H14FN3/c1-8-6-10(4-5-11(8)14)12-9(2)7-16-13(15-3)17-12/h4-7H,1-3H3,(H,15,16,17). The molecule has 0 unspecified atom stereocenters. The molecular formula is C13H14FN3. The SMILES string of the molecule is CNc1ncc(C)c(-c2ccc(F)c(C)c2)n1. The summed E-state index contributed by atoms with van der Waals surface area (Å²) in [5.74, 6) is 0.363. The van der Waals surface area contributed by atoms with Crippen LogP contribution in [0.4, 0.5) is 10.3 Å². The summed E-state index contributed by atoms with van der Waals surface area (Å²) in [5, 5.41) is 2.89. The Kier molecular flexibility index (Phi) is 3.04. The first-order valence-corrected chi connectivity index (χ1v) is 5.39. The Morgan fingerprint density at radius 1 is 1.18 bits per heavy atom. The number of nitrogens with zero attached hydrogens (tertiary/aromatic N) is 2. The van der Waals surface area contributed by atoms with E-state index in [9.17, 15) is 4.39 Å². The predicted molar refractivity (Wildman–Crippen MR) is 66.4 cm³/mol. The van der Waals surface area contributed by atoms with Gasteiger partial charge < -0.3 is 5.32 Å². The summed E-state index contributed by atoms with van der Waals surface area (Å²) >= 11 is 0. The number of rotatable bonds is 2. The first kappa shape index (κ1) is 11.5. The van der Waals surface area contributed by atoms with Crippen molar-refractivity contribution in [3.05, 3.63) is 41.3 Å². The molecule has 0 spiro atoms. The molecule has 88 valence electrons. The highest BCUT2D eigenvalue weighted by Crippen LogP contribution is 2.23. The number of aryl methyl sites for hydroxylation is 2. The molecule has 1 heterocycles. The van der Waals surface area contributed by atoms with E-state index in [4.69, 9.17) is 0 Å². The Morgan fingerprint density at radius 2 is 1.94 bits per heavy atom. The van der Waals surface area contributed by atoms with Crippen molar-refractivity contribution in [2.45, 2.75) is 13.8 Å². The zero-order valence-corrected chi connectivity index (χ0v) is 10.1. The lowest BCUT2D eigenvalue weighted by atomic mass is 10.1. The lowest BCUT2D eigenvalue weighted by molar-refractivity contribution is 0.618. The molecule has 0 saturated carbocycles. The summed E-state index contributed by atoms with van der Waals surface area (Å²) in [7, 11) is 1.77. The highest BCUT2D eigenvalue weighted by atomic mass is 19.1. The lowest BCUT2D eigenvalue weighted by Gasteiger charge is -2.08. The van der Waals surface area contributed by atoms with Crippen molar-refractivity contribution >= 4 is 5.95 Å². The first-order valence-electron chi connectivity index (χ1n) is 5.39. The van der Waals surface area contributed by atoms with Gasteiger partial charge in [0.2, 0.25) is 5.95 Å². The van der Waals surface area contributed by atoms with E-state index in [2.05, 4.69) is 15.3 Å². The maximum Gasteiger partial charge on any atom is 0.222 e. The largest absolute Gasteiger partial charge is 0.357 e. The van der Waals surface area contributed by atoms with Crippen LogP contribution in [0.5, 0.6) is 0 Å². The molecule has 0 atom stereocenters. The second kappa shape index (κ2) is 4.49. The van der Waals surface area contributed by atoms with Crippen molar-refractivity contribution in [1.29, 1.82) is 0 Å². The maximum atomic E-state index is 13.2. The zero-order valence-electron chi connectivity index (χ0n) is 10.1. The van der Waals surface area contributed by atoms with Crippen LogP contribution in [0.15, 0.2) is 24.4 Å². The Balaban J connectivity index is 2.55. The fourth-order valence-corrected chi connectivity index (χ4v) is 1.65. The van der Waals surface area contributed by atoms with Gasteiger partial charge in [-0.3, -0.25) is 0 Å². The molecule has 0 bridgehead atoms. The van der Waals surface area contributed by atoms with Gasteiger partial charge in [0.1, 0.15) is 5.82 Å². The third kappa shape index (κ3) is 2.25. The lowest BCUT2D eigenvalue weighted by Crippen LogP contribution is -1.99. The van der Waals surface area contributed by atoms with Crippen LogP contribution in [0.2, 0.25) is 0 Å². The Hall–Kier alpha value is -1.97. The minimum absolute atomic E-state index is 0.200. The molecule has 17 heavy (non-hydrogen) atoms. The van der Waals surface area contributed by atoms with Gasteiger partial charge >= 0.3 is 0 Å². The number of hydrogen-bond acceptors (Lipinski definition) is 3. The fourth-order valence-electron chi connectivity index (χ4n) is 1.65. The molecule has 0 aliphatic rings. The summed E-state index contributed by atoms with van der Waals surface area (Å²) in [5.41, 5.74) is 3.31. The normalized spacial score (nSPS) is 10.4. The van der Waals surface area contributed by atoms with Gasteiger partial charge in [-0.1, -0.05) is 0 Å². The highest BCUT2D eigenvalue weighted by molar-refractivity contribution is 5.64. The number of benzene rings is 1. The molecule has 1 aromatic carbocycles. The monoisotopic (exact) mass is 231 g/mol. The van der Waals surface area contributed by atoms with E-state index in [0.717, 1.165) is 16.8 Å². The van der Waals surface area contributed by atoms with Gasteiger partial charge in [-0.05, 0) is 43.2 Å². The van der Waals surface area contributed by atoms with Crippen molar-refractivity contribution in [3.8, 4) is 11.3 Å². The molecule has 0 radical (unpaired) electrons. The minimum atomic E-state index is -0.200. The molecule has 2 rings (SSSR count). The van der Waals surface area contributed by atoms with Crippen LogP contribution in [0.3, 0.4) is 0 Å². The molecule has 0 aliphatic carbocycles. The van der Waals surface area contributed by atoms with Gasteiger partial charge in [0.25, 0.3) is 0 Å². The molecule has 3 nitrogen and oxygen atoms in total. The van der Waals surface area contributed by atoms with Crippen LogP contribution in [-0.2, 0) is 0 Å². The number of nitrogens with one attached hydrogen (secondary N) is 1. The van der Waals surface area contributed by atoms with E-state index in [1.165, 1.54) is 6.07 Å². The minimum Gasteiger partial charge on any atom is -0.357 e. The Labute approximate surface area is 99.7 Å². The molecule has 0 amide bonds. The van der Waals surface area contributed by atoms with Gasteiger partial charge in [-0.2, -0.15) is 0 Å². The quantitative estimate of drug-likeness (QED) is 0.863. The number of aromatic nitrogens is 2. The fraction of sp³-hybridized carbons (Fsp3) is 0.231. The Morgan fingerprint density at radius 3 is 2.59 bits per heavy atom. The maximum absolute atomic E-state index is 13.2. The molecule has 1 N–H and O–H groups in total. The molecule has 2 aromatic rings. The van der Waals surface area contributed by atoms with Gasteiger partial charge in [0.05, 0.1) is 5.69 Å². The molecule has 4 heteroatoms. The topological polar surface area (TPSA) is 37.8 Å². The van der Waals surface area contributed by atoms with Crippen molar-refractivity contribution in [2.75, 3.05) is 12.4 Å². The van der Waals surface area contributed by atoms with Gasteiger partial charge in [-0.25, -0.2) is 14.4 Å². The second-order valence-electron chi connectivity index (χ2n) is 3.94. The van der Waals surface area contributed by atoms with Crippen molar-refractivity contribution < 1.29 is 4.39 Å². The zero-order chi connectivity index (χ0) is 12.4. The number of halogens is 1. The van der Waals surface area contributed by atoms with Crippen molar-refractivity contribution in [2.24, 2.45) is 0 Å². The summed E-state index contributed by atoms with van der Waals surface area (Å²) in [4.78, 5) is 8.51. The van der Waals surface area contributed by atoms with Crippen LogP contribution in [0, 0.1) is 19.7 Å². The van der Waals surface area contributed by atoms with Crippen molar-refractivity contribution in [3.63, 3.8) is 0 Å². The van der Waals surface area contributed by atoms with Crippen LogP contribution in [0.1, 0.15) is 11.1 Å². The Bertz CT molecular complexity index is 552. The van der Waals surface area contributed by atoms with Gasteiger partial charge in [0, 0.05) is 18.8 Å². The summed E-state index contributed by atoms with van der Waals surface area (Å²) in [6.07, 6.45) is 1.76. The summed E-state index contributed by atoms with van der Waals surface area (Å²) in [6, 6.07) is 4.99. The van der Waals surface area contributed by atoms with E-state index >= 15 is 0 Å². The average molecular weight is 231 g/mol. The predicted octanol–water partition coefficient (Wildman–Crippen LogP) is 2.94. The van der Waals surface area contributed by atoms with Crippen LogP contribution >= 0.6 is 0 Å². The number of hydrogen-bond donors (Lipinski definition) is 1. The van der Waals surface area contributed by atoms with E-state index < -0.39 is 0 Å². The second-order valence-corrected chi connectivity index (χ2v) is 3.94. The van der Waals surface area contributed by atoms with E-state index in [1.54, 1.807) is 32.3 Å². The molecular weight excluding hydrogens is 217 g/mol. The van der Waals surface area contributed by atoms with Crippen LogP contribution in [-0.4, -0.2) is 17.0 Å². The third-order valence-electron chi connectivity index (χ3n) is 2.63. The van der Waals surface area contributed by atoms with E-state index in [0.29, 0.717) is 11.5 Å². The van der Waals surface area contributed by atoms with Crippen LogP contribution < -0.4 is 5.32 Å². The number of anilines is 1. The van der Waals surface area contributed by atoms with Gasteiger partial charge in [0.15, 0.2) is 0 Å². The molecule has 1 aromatic heterocycles. The first-order chi connectivity index (χ1) is 8.11. The van der Waals surface area contributed by atoms with Crippen molar-refractivity contribution in [1.82, 2.24) is 9.97 Å². The summed E-state index contributed by atoms with van der Waals surface area (Å²) in [6.45, 7) is 3.68. The smallest absolute Gasteiger partial charge is 0.222 e. The third-order valence-corrected chi connectivity index (χ3v) is 2.63. The highest BCUT2D eigenvalue weighted by Gasteiger charge is 2.07. The van der Waals surface area contributed by atoms with E-state index in [1.807, 2.05) is 6.92 Å².